The molecule has 17 heteroatoms. The highest BCUT2D eigenvalue weighted by Crippen LogP contribution is 1.90. The van der Waals surface area contributed by atoms with Crippen molar-refractivity contribution in [1.29, 1.82) is 0 Å². The lowest BCUT2D eigenvalue weighted by atomic mass is 10.4. The van der Waals surface area contributed by atoms with Crippen LogP contribution in [-0.4, -0.2) is 203 Å². The molecule has 0 fully saturated rings. The molecule has 0 aliphatic heterocycles. The summed E-state index contributed by atoms with van der Waals surface area (Å²) in [5.41, 5.74) is 0. The summed E-state index contributed by atoms with van der Waals surface area (Å²) in [6, 6.07) is 0. The molecular weight excluding hydrogens is 560 g/mol. The van der Waals surface area contributed by atoms with Crippen molar-refractivity contribution in [2.24, 2.45) is 0 Å². The summed E-state index contributed by atoms with van der Waals surface area (Å²) in [5.74, 6) is 0. The predicted octanol–water partition coefficient (Wildman–Crippen LogP) is -5.58. The van der Waals surface area contributed by atoms with Gasteiger partial charge in [0.25, 0.3) is 0 Å². The average molecular weight is 621 g/mol. The summed E-state index contributed by atoms with van der Waals surface area (Å²) in [4.78, 5) is 0. The smallest absolute Gasteiger partial charge is 0.100 e. The third kappa shape index (κ3) is 92.6. The van der Waals surface area contributed by atoms with Crippen molar-refractivity contribution in [3.63, 3.8) is 0 Å². The fourth-order valence-corrected chi connectivity index (χ4v) is 1.10. The molecule has 0 amide bonds. The molecule has 0 saturated heterocycles. The van der Waals surface area contributed by atoms with Crippen LogP contribution in [0.25, 0.3) is 0 Å². The third-order valence-electron chi connectivity index (χ3n) is 2.98. The van der Waals surface area contributed by atoms with Crippen LogP contribution in [0.3, 0.4) is 0 Å². The van der Waals surface area contributed by atoms with Gasteiger partial charge >= 0.3 is 0 Å². The molecule has 258 valence electrons. The topological polar surface area (TPSA) is 300 Å². The van der Waals surface area contributed by atoms with E-state index in [0.717, 1.165) is 0 Å². The predicted molar refractivity (Wildman–Crippen MR) is 148 cm³/mol. The number of ether oxygens (including phenoxy) is 4. The lowest BCUT2D eigenvalue weighted by Crippen LogP contribution is -2.19. The molecule has 13 N–H and O–H groups in total. The molecule has 0 aromatic rings. The Morgan fingerprint density at radius 3 is 0.902 bits per heavy atom. The van der Waals surface area contributed by atoms with Gasteiger partial charge in [0.05, 0.1) is 131 Å². The van der Waals surface area contributed by atoms with E-state index in [2.05, 4.69) is 4.74 Å². The zero-order valence-corrected chi connectivity index (χ0v) is 24.8. The van der Waals surface area contributed by atoms with E-state index < -0.39 is 18.3 Å². The van der Waals surface area contributed by atoms with E-state index in [0.29, 0.717) is 46.2 Å². The number of hydrogen-bond acceptors (Lipinski definition) is 17. The molecule has 0 aliphatic rings. The van der Waals surface area contributed by atoms with E-state index in [1.807, 2.05) is 0 Å². The zero-order valence-electron chi connectivity index (χ0n) is 24.8. The van der Waals surface area contributed by atoms with Crippen LogP contribution in [0.5, 0.6) is 0 Å². The Morgan fingerprint density at radius 2 is 0.732 bits per heavy atom. The highest BCUT2D eigenvalue weighted by molar-refractivity contribution is 4.47. The molecular formula is C24H60O17. The highest BCUT2D eigenvalue weighted by Gasteiger charge is 2.00. The second-order valence-corrected chi connectivity index (χ2v) is 7.40. The lowest BCUT2D eigenvalue weighted by Gasteiger charge is -2.10. The molecule has 0 spiro atoms. The van der Waals surface area contributed by atoms with Gasteiger partial charge in [-0.3, -0.25) is 0 Å². The van der Waals surface area contributed by atoms with Crippen LogP contribution in [0.4, 0.5) is 0 Å². The van der Waals surface area contributed by atoms with Gasteiger partial charge in [0.1, 0.15) is 6.10 Å². The van der Waals surface area contributed by atoms with E-state index in [1.165, 1.54) is 6.92 Å². The maximum atomic E-state index is 8.69. The van der Waals surface area contributed by atoms with Gasteiger partial charge in [-0.05, 0) is 20.8 Å². The first-order valence-corrected chi connectivity index (χ1v) is 13.0. The second-order valence-electron chi connectivity index (χ2n) is 7.40. The van der Waals surface area contributed by atoms with Crippen LogP contribution in [-0.2, 0) is 18.9 Å². The number of aliphatic hydroxyl groups is 13. The normalized spacial score (nSPS) is 11.9. The Kier molecular flexibility index (Phi) is 71.3. The third-order valence-corrected chi connectivity index (χ3v) is 2.98. The maximum Gasteiger partial charge on any atom is 0.100 e. The van der Waals surface area contributed by atoms with E-state index in [9.17, 15) is 0 Å². The van der Waals surface area contributed by atoms with Gasteiger partial charge in [0.2, 0.25) is 0 Å². The molecule has 0 saturated carbocycles. The van der Waals surface area contributed by atoms with E-state index in [1.54, 1.807) is 13.8 Å². The standard InChI is InChI=1S/C6H14O4.C6H14O3.C4H10O3.C3H8O3.C3H8O2.C2H6O2/c7-1-3-9-5-6-10-4-2-8;1-5(8)4-9-6(2)3-7;5-1-3-7-4-2-6;4-1-3(6)2-5;1-3(5)2-4;3-1-2-4/h7-8H,1-6H2;5-8H,3-4H2,1-2H3;5-6H,1-4H2;3-6H,1-2H2;3-5H,2H2,1H3;3-4H,1-2H2. The maximum absolute atomic E-state index is 8.69. The fourth-order valence-electron chi connectivity index (χ4n) is 1.10. The van der Waals surface area contributed by atoms with Gasteiger partial charge in [-0.25, -0.2) is 0 Å². The van der Waals surface area contributed by atoms with Gasteiger partial charge in [-0.2, -0.15) is 0 Å². The van der Waals surface area contributed by atoms with Crippen LogP contribution in [0.1, 0.15) is 20.8 Å². The number of hydrogen-bond donors (Lipinski definition) is 13. The molecule has 0 heterocycles. The van der Waals surface area contributed by atoms with Gasteiger partial charge in [0.15, 0.2) is 0 Å². The van der Waals surface area contributed by atoms with Crippen LogP contribution < -0.4 is 0 Å². The summed E-state index contributed by atoms with van der Waals surface area (Å²) < 4.78 is 19.3. The van der Waals surface area contributed by atoms with Gasteiger partial charge in [0, 0.05) is 0 Å². The quantitative estimate of drug-likeness (QED) is 0.0599. The van der Waals surface area contributed by atoms with Gasteiger partial charge in [-0.15, -0.1) is 0 Å². The molecule has 0 rings (SSSR count). The van der Waals surface area contributed by atoms with Crippen molar-refractivity contribution in [2.75, 3.05) is 112 Å². The Bertz CT molecular complexity index is 351. The molecule has 17 nitrogen and oxygen atoms in total. The van der Waals surface area contributed by atoms with Crippen LogP contribution in [0.15, 0.2) is 0 Å². The monoisotopic (exact) mass is 620 g/mol. The Hall–Kier alpha value is -0.680. The first-order chi connectivity index (χ1) is 19.5. The van der Waals surface area contributed by atoms with Gasteiger partial charge in [-0.1, -0.05) is 0 Å². The van der Waals surface area contributed by atoms with Crippen molar-refractivity contribution >= 4 is 0 Å². The highest BCUT2D eigenvalue weighted by atomic mass is 16.5. The molecule has 3 atom stereocenters. The summed E-state index contributed by atoms with van der Waals surface area (Å²) in [6.07, 6.45) is -2.13. The Labute approximate surface area is 243 Å². The van der Waals surface area contributed by atoms with Crippen molar-refractivity contribution < 1.29 is 85.3 Å². The molecule has 0 aromatic carbocycles. The Morgan fingerprint density at radius 1 is 0.415 bits per heavy atom. The van der Waals surface area contributed by atoms with Crippen molar-refractivity contribution in [2.45, 2.75) is 45.2 Å². The minimum Gasteiger partial charge on any atom is -0.394 e. The SMILES string of the molecule is CC(O)CO.CC(O)COC(C)CO.OCC(O)CO.OCCO.OCCOCCO.OCCOCCOCCO. The van der Waals surface area contributed by atoms with Gasteiger partial charge < -0.3 is 85.3 Å². The average Bonchev–Trinajstić information content (AvgIpc) is 2.98. The van der Waals surface area contributed by atoms with E-state index in [-0.39, 0.29) is 72.2 Å². The molecule has 0 radical (unpaired) electrons. The minimum absolute atomic E-state index is 0.00667. The molecule has 0 aliphatic carbocycles. The summed E-state index contributed by atoms with van der Waals surface area (Å²) in [6.45, 7) is 6.53. The van der Waals surface area contributed by atoms with Crippen molar-refractivity contribution in [3.05, 3.63) is 0 Å². The summed E-state index contributed by atoms with van der Waals surface area (Å²) in [5, 5.41) is 105. The first-order valence-electron chi connectivity index (χ1n) is 13.0. The molecule has 3 unspecified atom stereocenters. The zero-order chi connectivity index (χ0) is 33.2. The van der Waals surface area contributed by atoms with Crippen molar-refractivity contribution in [3.8, 4) is 0 Å². The second kappa shape index (κ2) is 55.3. The fraction of sp³-hybridized carbons (Fsp3) is 1.00. The summed E-state index contributed by atoms with van der Waals surface area (Å²) >= 11 is 0. The Balaban J connectivity index is -0.0000000920. The molecule has 0 bridgehead atoms. The number of aliphatic hydroxyl groups excluding tert-OH is 13. The van der Waals surface area contributed by atoms with Crippen LogP contribution in [0.2, 0.25) is 0 Å². The largest absolute Gasteiger partial charge is 0.394 e. The first kappa shape index (κ1) is 52.9. The van der Waals surface area contributed by atoms with Crippen LogP contribution >= 0.6 is 0 Å². The summed E-state index contributed by atoms with van der Waals surface area (Å²) in [7, 11) is 0. The minimum atomic E-state index is -0.954. The van der Waals surface area contributed by atoms with Crippen molar-refractivity contribution in [1.82, 2.24) is 0 Å². The number of rotatable bonds is 19. The van der Waals surface area contributed by atoms with Crippen LogP contribution in [0, 0.1) is 0 Å². The van der Waals surface area contributed by atoms with E-state index in [4.69, 9.17) is 80.6 Å². The molecule has 0 aromatic heterocycles. The molecule has 41 heavy (non-hydrogen) atoms. The lowest BCUT2D eigenvalue weighted by molar-refractivity contribution is -0.0177. The van der Waals surface area contributed by atoms with E-state index >= 15 is 0 Å².